The molecule has 0 saturated heterocycles. The van der Waals surface area contributed by atoms with E-state index in [-0.39, 0.29) is 12.5 Å². The maximum Gasteiger partial charge on any atom is 0.268 e. The number of nitrogens with one attached hydrogen (secondary N) is 1. The highest BCUT2D eigenvalue weighted by Crippen LogP contribution is 2.38. The number of allylic oxidation sites excluding steroid dienone is 17. The van der Waals surface area contributed by atoms with Crippen LogP contribution in [0.3, 0.4) is 0 Å². The van der Waals surface area contributed by atoms with Crippen molar-refractivity contribution in [2.24, 2.45) is 0 Å². The monoisotopic (exact) mass is 1300 g/mol. The number of nitrogens with zero attached hydrogens (tertiary/aromatic N) is 1. The summed E-state index contributed by atoms with van der Waals surface area (Å²) in [4.78, 5) is 25.7. The summed E-state index contributed by atoms with van der Waals surface area (Å²) in [7, 11) is 1.24. The van der Waals surface area contributed by atoms with Crippen molar-refractivity contribution >= 4 is 13.7 Å². The van der Waals surface area contributed by atoms with Crippen LogP contribution in [0.25, 0.3) is 0 Å². The minimum Gasteiger partial charge on any atom is -0.756 e. The molecule has 2 N–H and O–H groups in total. The molecule has 0 fully saturated rings. The van der Waals surface area contributed by atoms with Gasteiger partial charge in [-0.3, -0.25) is 9.36 Å². The maximum absolute atomic E-state index is 13.1. The quantitative estimate of drug-likeness (QED) is 0.0272. The number of hydrogen-bond acceptors (Lipinski definition) is 6. The van der Waals surface area contributed by atoms with E-state index in [1.165, 1.54) is 257 Å². The predicted octanol–water partition coefficient (Wildman–Crippen LogP) is 25.2. The number of aliphatic hydroxyl groups is 1. The Bertz CT molecular complexity index is 1870. The highest BCUT2D eigenvalue weighted by molar-refractivity contribution is 7.45. The molecule has 534 valence electrons. The molecule has 0 bridgehead atoms. The molecule has 8 nitrogen and oxygen atoms in total. The first kappa shape index (κ1) is 89.2. The molecule has 0 spiro atoms. The van der Waals surface area contributed by atoms with Crippen molar-refractivity contribution in [2.45, 2.75) is 373 Å². The third-order valence-electron chi connectivity index (χ3n) is 17.4. The number of carbonyl (C=O) groups is 1. The lowest BCUT2D eigenvalue weighted by Gasteiger charge is -2.29. The van der Waals surface area contributed by atoms with Crippen LogP contribution in [0.5, 0.6) is 0 Å². The first-order valence-corrected chi connectivity index (χ1v) is 40.7. The number of hydrogen-bond donors (Lipinski definition) is 2. The maximum atomic E-state index is 13.1. The van der Waals surface area contributed by atoms with Gasteiger partial charge in [0.05, 0.1) is 39.9 Å². The molecule has 92 heavy (non-hydrogen) atoms. The lowest BCUT2D eigenvalue weighted by molar-refractivity contribution is -0.870. The molecule has 0 aromatic carbocycles. The molecule has 3 atom stereocenters. The van der Waals surface area contributed by atoms with Crippen LogP contribution in [-0.2, 0) is 18.4 Å². The first-order valence-electron chi connectivity index (χ1n) is 39.2. The Hall–Kier alpha value is -2.84. The Kier molecular flexibility index (Phi) is 70.2. The van der Waals surface area contributed by atoms with Gasteiger partial charge in [-0.15, -0.1) is 0 Å². The second kappa shape index (κ2) is 72.4. The number of amides is 1. The van der Waals surface area contributed by atoms with Gasteiger partial charge in [-0.05, 0) is 96.3 Å². The fourth-order valence-electron chi connectivity index (χ4n) is 11.4. The molecule has 3 unspecified atom stereocenters. The number of carbonyl (C=O) groups excluding carboxylic acids is 1. The van der Waals surface area contributed by atoms with Crippen molar-refractivity contribution in [3.8, 4) is 0 Å². The number of unbranched alkanes of at least 4 members (excludes halogenated alkanes) is 43. The molecule has 9 heteroatoms. The van der Waals surface area contributed by atoms with Gasteiger partial charge in [0.25, 0.3) is 7.82 Å². The third-order valence-corrected chi connectivity index (χ3v) is 18.4. The highest BCUT2D eigenvalue weighted by atomic mass is 31.2. The van der Waals surface area contributed by atoms with E-state index in [9.17, 15) is 19.4 Å². The van der Waals surface area contributed by atoms with Crippen molar-refractivity contribution in [1.82, 2.24) is 5.32 Å². The average molecular weight is 1300 g/mol. The average Bonchev–Trinajstić information content (AvgIpc) is 2.63. The Morgan fingerprint density at radius 2 is 0.674 bits per heavy atom. The third kappa shape index (κ3) is 74.6. The molecule has 0 aliphatic heterocycles. The van der Waals surface area contributed by atoms with Crippen molar-refractivity contribution in [3.63, 3.8) is 0 Å². The number of aliphatic hydroxyl groups excluding tert-OH is 1. The summed E-state index contributed by atoms with van der Waals surface area (Å²) in [6.07, 6.45) is 107. The van der Waals surface area contributed by atoms with Crippen LogP contribution in [0, 0.1) is 0 Å². The van der Waals surface area contributed by atoms with Crippen LogP contribution in [-0.4, -0.2) is 68.5 Å². The fourth-order valence-corrected chi connectivity index (χ4v) is 12.2. The van der Waals surface area contributed by atoms with E-state index < -0.39 is 26.6 Å². The minimum atomic E-state index is -4.62. The van der Waals surface area contributed by atoms with Gasteiger partial charge in [-0.1, -0.05) is 367 Å². The van der Waals surface area contributed by atoms with E-state index in [4.69, 9.17) is 9.05 Å². The van der Waals surface area contributed by atoms with Crippen LogP contribution in [0.2, 0.25) is 0 Å². The fraction of sp³-hybridized carbons (Fsp3) is 0.771. The number of phosphoric acid groups is 1. The molecule has 0 rings (SSSR count). The second-order valence-electron chi connectivity index (χ2n) is 27.7. The summed E-state index contributed by atoms with van der Waals surface area (Å²) in [5.41, 5.74) is 0. The van der Waals surface area contributed by atoms with Gasteiger partial charge in [-0.2, -0.15) is 0 Å². The molecular weight excluding hydrogens is 1150 g/mol. The summed E-state index contributed by atoms with van der Waals surface area (Å²) in [5, 5.41) is 14.0. The standard InChI is InChI=1S/C83H151N2O6P/c1-6-8-10-12-14-16-18-20-22-24-26-28-30-32-34-36-38-39-40-41-42-43-44-45-47-49-51-53-55-57-59-61-63-65-67-69-71-73-75-77-83(87)84-81(80-91-92(88,89)90-79-78-85(3,4)5)82(86)76-74-72-70-68-66-64-62-60-58-56-54-52-50-48-46-37-35-33-31-29-27-25-23-21-19-17-15-13-11-9-7-2/h8,10,14,16,20,22,26,28,32,34,38-39,58,60,66,68,74,76,81-82,86H,6-7,9,11-13,15,17-19,21,23-25,27,29-31,33,35-37,40-57,59,61-65,67,69-73,75,77-80H2,1-5H3,(H-,84,87,88,89)/b10-8-,16-14-,22-20-,28-26-,34-32-,39-38-,60-58+,68-66+,76-74+. The van der Waals surface area contributed by atoms with Crippen LogP contribution < -0.4 is 10.2 Å². The number of rotatable bonds is 72. The molecule has 0 aliphatic rings. The molecule has 0 aliphatic carbocycles. The molecule has 1 amide bonds. The summed E-state index contributed by atoms with van der Waals surface area (Å²) in [6.45, 7) is 4.54. The lowest BCUT2D eigenvalue weighted by atomic mass is 10.0. The van der Waals surface area contributed by atoms with Gasteiger partial charge in [0, 0.05) is 6.42 Å². The van der Waals surface area contributed by atoms with E-state index in [1.807, 2.05) is 27.2 Å². The summed E-state index contributed by atoms with van der Waals surface area (Å²) in [6, 6.07) is -0.916. The summed E-state index contributed by atoms with van der Waals surface area (Å²) >= 11 is 0. The molecule has 0 aromatic heterocycles. The number of phosphoric ester groups is 1. The normalized spacial score (nSPS) is 14.1. The van der Waals surface area contributed by atoms with Crippen LogP contribution >= 0.6 is 7.82 Å². The minimum absolute atomic E-state index is 0.0111. The molecule has 0 heterocycles. The van der Waals surface area contributed by atoms with Gasteiger partial charge >= 0.3 is 0 Å². The molecule has 0 radical (unpaired) electrons. The van der Waals surface area contributed by atoms with Crippen molar-refractivity contribution in [2.75, 3.05) is 40.9 Å². The van der Waals surface area contributed by atoms with Crippen LogP contribution in [0.15, 0.2) is 109 Å². The van der Waals surface area contributed by atoms with E-state index in [0.29, 0.717) is 17.4 Å². The summed E-state index contributed by atoms with van der Waals surface area (Å²) in [5.74, 6) is -0.208. The van der Waals surface area contributed by atoms with Crippen molar-refractivity contribution in [1.29, 1.82) is 0 Å². The first-order chi connectivity index (χ1) is 45.0. The van der Waals surface area contributed by atoms with Crippen molar-refractivity contribution in [3.05, 3.63) is 109 Å². The topological polar surface area (TPSA) is 108 Å². The van der Waals surface area contributed by atoms with Crippen molar-refractivity contribution < 1.29 is 32.9 Å². The number of likely N-dealkylation sites (N-methyl/N-ethyl adjacent to an activating group) is 1. The lowest BCUT2D eigenvalue weighted by Crippen LogP contribution is -2.45. The zero-order valence-electron chi connectivity index (χ0n) is 61.2. The highest BCUT2D eigenvalue weighted by Gasteiger charge is 2.23. The van der Waals surface area contributed by atoms with Crippen LogP contribution in [0.4, 0.5) is 0 Å². The van der Waals surface area contributed by atoms with Gasteiger partial charge in [-0.25, -0.2) is 0 Å². The van der Waals surface area contributed by atoms with Gasteiger partial charge in [0.15, 0.2) is 0 Å². The van der Waals surface area contributed by atoms with Gasteiger partial charge in [0.2, 0.25) is 5.91 Å². The summed E-state index contributed by atoms with van der Waals surface area (Å²) < 4.78 is 23.5. The Morgan fingerprint density at radius 3 is 1.01 bits per heavy atom. The zero-order chi connectivity index (χ0) is 66.9. The second-order valence-corrected chi connectivity index (χ2v) is 29.1. The Morgan fingerprint density at radius 1 is 0.391 bits per heavy atom. The number of quaternary nitrogens is 1. The Labute approximate surface area is 572 Å². The van der Waals surface area contributed by atoms with Gasteiger partial charge < -0.3 is 28.8 Å². The molecular formula is C83H151N2O6P. The van der Waals surface area contributed by atoms with E-state index in [1.54, 1.807) is 6.08 Å². The Balaban J connectivity index is 4.04. The molecule has 0 saturated carbocycles. The van der Waals surface area contributed by atoms with E-state index in [2.05, 4.69) is 116 Å². The zero-order valence-corrected chi connectivity index (χ0v) is 62.1. The van der Waals surface area contributed by atoms with E-state index >= 15 is 0 Å². The SMILES string of the molecule is CC/C=C\C/C=C\C/C=C\C/C=C\C/C=C\C/C=C\CCCCCCCCCCCCCCCCCCCCCCC(=O)NC(COP(=O)([O-])OCC[N+](C)(C)C)C(O)/C=C/CC/C=C/CC/C=C/CCCCCCCCCCCCCCCCCCCCCCC. The smallest absolute Gasteiger partial charge is 0.268 e. The largest absolute Gasteiger partial charge is 0.756 e. The van der Waals surface area contributed by atoms with Crippen LogP contribution in [0.1, 0.15) is 361 Å². The van der Waals surface area contributed by atoms with E-state index in [0.717, 1.165) is 83.5 Å². The molecule has 0 aromatic rings. The predicted molar refractivity (Wildman–Crippen MR) is 403 cm³/mol. The van der Waals surface area contributed by atoms with Gasteiger partial charge in [0.1, 0.15) is 13.2 Å².